The topological polar surface area (TPSA) is 176 Å². The molecule has 2 atom stereocenters. The minimum absolute atomic E-state index is 0.0172. The lowest BCUT2D eigenvalue weighted by Crippen LogP contribution is -2.52. The molecule has 0 saturated heterocycles. The third kappa shape index (κ3) is 10.9. The summed E-state index contributed by atoms with van der Waals surface area (Å²) >= 11 is 0.563. The van der Waals surface area contributed by atoms with Crippen LogP contribution >= 0.6 is 11.8 Å². The number of rotatable bonds is 15. The molecule has 2 rings (SSSR count). The number of amides is 2. The molecule has 0 radical (unpaired) electrons. The number of esters is 2. The molecule has 41 heavy (non-hydrogen) atoms. The maximum atomic E-state index is 13.3. The molecule has 0 bridgehead atoms. The van der Waals surface area contributed by atoms with E-state index in [1.807, 2.05) is 45.9 Å². The molecular formula is C27H36N4O9S. The Morgan fingerprint density at radius 1 is 0.854 bits per heavy atom. The van der Waals surface area contributed by atoms with Crippen LogP contribution in [0.5, 0.6) is 0 Å². The van der Waals surface area contributed by atoms with E-state index in [2.05, 4.69) is 30.3 Å². The molecular weight excluding hydrogens is 556 g/mol. The van der Waals surface area contributed by atoms with Crippen molar-refractivity contribution in [2.75, 3.05) is 14.2 Å². The van der Waals surface area contributed by atoms with Gasteiger partial charge in [0.25, 0.3) is 11.1 Å². The van der Waals surface area contributed by atoms with E-state index >= 15 is 0 Å². The summed E-state index contributed by atoms with van der Waals surface area (Å²) < 4.78 is 19.9. The number of carbonyl (C=O) groups is 5. The summed E-state index contributed by atoms with van der Waals surface area (Å²) in [5.74, 6) is -3.46. The molecule has 0 aliphatic heterocycles. The Balaban J connectivity index is 2.14. The third-order valence-electron chi connectivity index (χ3n) is 5.53. The number of ketones is 1. The van der Waals surface area contributed by atoms with Crippen molar-refractivity contribution in [2.24, 2.45) is 11.8 Å². The molecule has 0 unspecified atom stereocenters. The summed E-state index contributed by atoms with van der Waals surface area (Å²) in [4.78, 5) is 63.0. The Kier molecular flexibility index (Phi) is 13.3. The normalized spacial score (nSPS) is 12.5. The van der Waals surface area contributed by atoms with Crippen molar-refractivity contribution in [3.8, 4) is 0 Å². The van der Waals surface area contributed by atoms with E-state index < -0.39 is 52.9 Å². The summed E-state index contributed by atoms with van der Waals surface area (Å²) in [6, 6.07) is 7.06. The number of nitrogens with one attached hydrogen (secondary N) is 2. The highest BCUT2D eigenvalue weighted by atomic mass is 32.2. The molecule has 0 fully saturated rings. The van der Waals surface area contributed by atoms with Crippen LogP contribution in [-0.4, -0.2) is 71.5 Å². The van der Waals surface area contributed by atoms with E-state index in [0.29, 0.717) is 18.2 Å². The number of nitrogens with zero attached hydrogens (tertiary/aromatic N) is 2. The van der Waals surface area contributed by atoms with Crippen LogP contribution in [0.4, 0.5) is 4.79 Å². The largest absolute Gasteiger partial charge is 0.468 e. The summed E-state index contributed by atoms with van der Waals surface area (Å²) in [5.41, 5.74) is 0.789. The number of benzene rings is 1. The van der Waals surface area contributed by atoms with Gasteiger partial charge in [0.2, 0.25) is 16.9 Å². The molecule has 0 spiro atoms. The molecule has 224 valence electrons. The highest BCUT2D eigenvalue weighted by Gasteiger charge is 2.34. The first-order chi connectivity index (χ1) is 19.4. The highest BCUT2D eigenvalue weighted by molar-refractivity contribution is 8.01. The van der Waals surface area contributed by atoms with Crippen LogP contribution in [0.3, 0.4) is 0 Å². The number of hydrogen-bond donors (Lipinski definition) is 2. The second-order valence-corrected chi connectivity index (χ2v) is 10.9. The SMILES string of the molecule is COC(=O)C(Sc1nnc(C(=O)[C@H](CC(C)C)NC(=O)[C@H](CC(C)C)NC(=O)OCc2ccccc2)o1)C(=O)OC. The number of alkyl carbamates (subject to hydrolysis) is 1. The van der Waals surface area contributed by atoms with Crippen LogP contribution in [0.25, 0.3) is 0 Å². The zero-order chi connectivity index (χ0) is 30.5. The lowest BCUT2D eigenvalue weighted by atomic mass is 9.98. The van der Waals surface area contributed by atoms with Gasteiger partial charge in [0.15, 0.2) is 0 Å². The van der Waals surface area contributed by atoms with Gasteiger partial charge in [0.05, 0.1) is 20.3 Å². The number of thioether (sulfide) groups is 1. The van der Waals surface area contributed by atoms with E-state index in [4.69, 9.17) is 9.15 Å². The first-order valence-corrected chi connectivity index (χ1v) is 13.8. The lowest BCUT2D eigenvalue weighted by Gasteiger charge is -2.24. The van der Waals surface area contributed by atoms with Crippen LogP contribution in [0, 0.1) is 11.8 Å². The zero-order valence-corrected chi connectivity index (χ0v) is 24.7. The smallest absolute Gasteiger partial charge is 0.408 e. The molecule has 1 heterocycles. The number of aromatic nitrogens is 2. The van der Waals surface area contributed by atoms with Crippen molar-refractivity contribution in [2.45, 2.75) is 69.7 Å². The molecule has 0 aliphatic carbocycles. The molecule has 1 aromatic carbocycles. The van der Waals surface area contributed by atoms with Crippen molar-refractivity contribution >= 4 is 41.5 Å². The van der Waals surface area contributed by atoms with Gasteiger partial charge in [0, 0.05) is 0 Å². The minimum atomic E-state index is -1.44. The molecule has 13 nitrogen and oxygen atoms in total. The van der Waals surface area contributed by atoms with Crippen molar-refractivity contribution in [1.82, 2.24) is 20.8 Å². The highest BCUT2D eigenvalue weighted by Crippen LogP contribution is 2.25. The van der Waals surface area contributed by atoms with Gasteiger partial charge in [-0.05, 0) is 42.0 Å². The molecule has 2 amide bonds. The Bertz CT molecular complexity index is 1170. The number of Topliss-reactive ketones (excluding diaryl/α,β-unsaturated/α-hetero) is 1. The number of ether oxygens (including phenoxy) is 3. The van der Waals surface area contributed by atoms with Crippen molar-refractivity contribution in [3.05, 3.63) is 41.8 Å². The monoisotopic (exact) mass is 592 g/mol. The van der Waals surface area contributed by atoms with Gasteiger partial charge < -0.3 is 29.3 Å². The second kappa shape index (κ2) is 16.4. The van der Waals surface area contributed by atoms with Crippen LogP contribution in [0.1, 0.15) is 56.8 Å². The van der Waals surface area contributed by atoms with E-state index in [1.54, 1.807) is 12.1 Å². The Morgan fingerprint density at radius 3 is 2.00 bits per heavy atom. The lowest BCUT2D eigenvalue weighted by molar-refractivity contribution is -0.150. The van der Waals surface area contributed by atoms with Gasteiger partial charge in [0.1, 0.15) is 12.6 Å². The summed E-state index contributed by atoms with van der Waals surface area (Å²) in [6.45, 7) is 7.54. The van der Waals surface area contributed by atoms with Crippen molar-refractivity contribution in [1.29, 1.82) is 0 Å². The summed E-state index contributed by atoms with van der Waals surface area (Å²) in [5, 5.41) is 11.1. The van der Waals surface area contributed by atoms with E-state index in [1.165, 1.54) is 0 Å². The van der Waals surface area contributed by atoms with E-state index in [0.717, 1.165) is 19.8 Å². The first kappa shape index (κ1) is 33.3. The van der Waals surface area contributed by atoms with Crippen LogP contribution in [0.15, 0.2) is 40.0 Å². The van der Waals surface area contributed by atoms with E-state index in [-0.39, 0.29) is 30.1 Å². The predicted molar refractivity (Wildman–Crippen MR) is 147 cm³/mol. The molecule has 1 aromatic heterocycles. The second-order valence-electron chi connectivity index (χ2n) is 9.86. The van der Waals surface area contributed by atoms with Crippen molar-refractivity contribution in [3.63, 3.8) is 0 Å². The Morgan fingerprint density at radius 2 is 1.44 bits per heavy atom. The predicted octanol–water partition coefficient (Wildman–Crippen LogP) is 2.93. The van der Waals surface area contributed by atoms with Gasteiger partial charge >= 0.3 is 18.0 Å². The van der Waals surface area contributed by atoms with Crippen LogP contribution in [0.2, 0.25) is 0 Å². The minimum Gasteiger partial charge on any atom is -0.468 e. The van der Waals surface area contributed by atoms with Gasteiger partial charge in [-0.2, -0.15) is 0 Å². The van der Waals surface area contributed by atoms with Crippen LogP contribution < -0.4 is 10.6 Å². The van der Waals surface area contributed by atoms with Gasteiger partial charge in [-0.1, -0.05) is 58.0 Å². The molecule has 2 aromatic rings. The number of hydrogen-bond acceptors (Lipinski definition) is 12. The molecule has 0 aliphatic rings. The number of methoxy groups -OCH3 is 2. The Hall–Kier alpha value is -3.94. The fraction of sp³-hybridized carbons (Fsp3) is 0.519. The quantitative estimate of drug-likeness (QED) is 0.102. The number of carbonyl (C=O) groups excluding carboxylic acids is 5. The Labute approximate surface area is 242 Å². The average Bonchev–Trinajstić information content (AvgIpc) is 3.41. The van der Waals surface area contributed by atoms with Gasteiger partial charge in [-0.15, -0.1) is 10.2 Å². The summed E-state index contributed by atoms with van der Waals surface area (Å²) in [7, 11) is 2.20. The van der Waals surface area contributed by atoms with Crippen LogP contribution in [-0.2, 0) is 35.2 Å². The fourth-order valence-corrected chi connectivity index (χ4v) is 4.40. The van der Waals surface area contributed by atoms with Gasteiger partial charge in [-0.3, -0.25) is 19.2 Å². The first-order valence-electron chi connectivity index (χ1n) is 12.9. The maximum Gasteiger partial charge on any atom is 0.408 e. The maximum absolute atomic E-state index is 13.3. The van der Waals surface area contributed by atoms with Crippen molar-refractivity contribution < 1.29 is 42.6 Å². The summed E-state index contributed by atoms with van der Waals surface area (Å²) in [6.07, 6.45) is -0.251. The third-order valence-corrected chi connectivity index (χ3v) is 6.52. The average molecular weight is 593 g/mol. The van der Waals surface area contributed by atoms with Gasteiger partial charge in [-0.25, -0.2) is 4.79 Å². The molecule has 14 heteroatoms. The standard InChI is InChI=1S/C27H36N4O9S/c1-15(2)12-18(20(32)23-30-31-27(40-23)41-21(24(34)37-5)25(35)38-6)28-22(33)19(13-16(3)4)29-26(36)39-14-17-10-8-7-9-11-17/h7-11,15-16,18-19,21H,12-14H2,1-6H3,(H,28,33)(H,29,36)/t18-,19-/m0/s1. The molecule has 2 N–H and O–H groups in total. The molecule has 0 saturated carbocycles. The fourth-order valence-electron chi connectivity index (χ4n) is 3.60. The zero-order valence-electron chi connectivity index (χ0n) is 23.9. The van der Waals surface area contributed by atoms with E-state index in [9.17, 15) is 24.0 Å².